The zero-order valence-electron chi connectivity index (χ0n) is 25.0. The molecule has 1 aliphatic heterocycles. The molecular weight excluding hydrogens is 548 g/mol. The molecular formula is C33H38N4O6. The Labute approximate surface area is 247 Å². The van der Waals surface area contributed by atoms with Crippen LogP contribution >= 0.6 is 0 Å². The molecule has 0 radical (unpaired) electrons. The third-order valence-electron chi connectivity index (χ3n) is 8.34. The van der Waals surface area contributed by atoms with Gasteiger partial charge in [0.15, 0.2) is 0 Å². The number of aliphatic carboxylic acids is 2. The maximum Gasteiger partial charge on any atom is 0.303 e. The van der Waals surface area contributed by atoms with E-state index in [9.17, 15) is 30.0 Å². The van der Waals surface area contributed by atoms with Gasteiger partial charge >= 0.3 is 11.9 Å². The van der Waals surface area contributed by atoms with Crippen LogP contribution in [-0.4, -0.2) is 52.3 Å². The van der Waals surface area contributed by atoms with Gasteiger partial charge in [-0.3, -0.25) is 9.59 Å². The molecule has 0 saturated carbocycles. The van der Waals surface area contributed by atoms with Crippen molar-refractivity contribution >= 4 is 36.2 Å². The van der Waals surface area contributed by atoms with Crippen molar-refractivity contribution in [3.63, 3.8) is 0 Å². The molecule has 0 aromatic carbocycles. The molecule has 0 saturated heterocycles. The summed E-state index contributed by atoms with van der Waals surface area (Å²) in [7, 11) is 0. The number of aryl methyl sites for hydroxylation is 1. The lowest BCUT2D eigenvalue weighted by Crippen LogP contribution is -2.14. The van der Waals surface area contributed by atoms with E-state index in [1.165, 1.54) is 0 Å². The van der Waals surface area contributed by atoms with Gasteiger partial charge in [-0.05, 0) is 106 Å². The summed E-state index contributed by atoms with van der Waals surface area (Å²) in [5.41, 5.74) is 8.78. The van der Waals surface area contributed by atoms with Gasteiger partial charge in [0.1, 0.15) is 0 Å². The van der Waals surface area contributed by atoms with Crippen molar-refractivity contribution in [3.05, 3.63) is 89.2 Å². The maximum absolute atomic E-state index is 11.5. The van der Waals surface area contributed by atoms with Crippen LogP contribution in [0.3, 0.4) is 0 Å². The normalized spacial score (nSPS) is 13.8. The van der Waals surface area contributed by atoms with E-state index in [0.717, 1.165) is 72.1 Å². The molecule has 0 spiro atoms. The molecule has 43 heavy (non-hydrogen) atoms. The fraction of sp³-hybridized carbons (Fsp3) is 0.333. The smallest absolute Gasteiger partial charge is 0.303 e. The van der Waals surface area contributed by atoms with Crippen molar-refractivity contribution in [1.82, 2.24) is 19.9 Å². The highest BCUT2D eigenvalue weighted by atomic mass is 16.4. The highest BCUT2D eigenvalue weighted by molar-refractivity contribution is 5.69. The molecule has 5 heterocycles. The van der Waals surface area contributed by atoms with Crippen molar-refractivity contribution in [2.75, 3.05) is 0 Å². The molecule has 10 nitrogen and oxygen atoms in total. The summed E-state index contributed by atoms with van der Waals surface area (Å²) in [6.45, 7) is 9.27. The summed E-state index contributed by atoms with van der Waals surface area (Å²) in [5.74, 6) is -1.80. The number of carboxylic acids is 2. The van der Waals surface area contributed by atoms with Crippen LogP contribution in [0.1, 0.15) is 101 Å². The Morgan fingerprint density at radius 1 is 0.651 bits per heavy atom. The van der Waals surface area contributed by atoms with Crippen LogP contribution in [0.25, 0.3) is 24.3 Å². The van der Waals surface area contributed by atoms with Crippen LogP contribution in [-0.2, 0) is 22.4 Å². The summed E-state index contributed by atoms with van der Waals surface area (Å²) < 4.78 is 0. The van der Waals surface area contributed by atoms with Gasteiger partial charge in [0.05, 0.1) is 12.2 Å². The van der Waals surface area contributed by atoms with Crippen molar-refractivity contribution in [1.29, 1.82) is 0 Å². The van der Waals surface area contributed by atoms with Crippen molar-refractivity contribution < 1.29 is 30.0 Å². The van der Waals surface area contributed by atoms with E-state index >= 15 is 0 Å². The standard InChI is InChI=1S/C33H38N4O6/c1-15-22(7-9-31(42)43)27-14-26-20(6-8-30(40)41)10-21(34-26)11-28-32(18(4)38)17(3)25(36-28)13-29-33(19(5)39)16(2)24(37-29)12-23(15)35-27/h10-14,18-19,34-39H,6-9H2,1-5H3,(H,40,41)(H,42,43)/t18-,19-/m0/s1. The first-order valence-electron chi connectivity index (χ1n) is 14.4. The zero-order chi connectivity index (χ0) is 31.2. The van der Waals surface area contributed by atoms with E-state index in [-0.39, 0.29) is 12.8 Å². The first kappa shape index (κ1) is 29.9. The topological polar surface area (TPSA) is 178 Å². The second-order valence-electron chi connectivity index (χ2n) is 11.4. The molecule has 8 N–H and O–H groups in total. The number of hydrogen-bond acceptors (Lipinski definition) is 4. The van der Waals surface area contributed by atoms with Crippen LogP contribution in [0.4, 0.5) is 0 Å². The maximum atomic E-state index is 11.5. The van der Waals surface area contributed by atoms with Crippen LogP contribution in [0.5, 0.6) is 0 Å². The van der Waals surface area contributed by atoms with E-state index in [1.807, 2.05) is 51.1 Å². The Hall–Kier alpha value is -4.54. The monoisotopic (exact) mass is 586 g/mol. The van der Waals surface area contributed by atoms with Gasteiger partial charge in [-0.1, -0.05) is 0 Å². The molecule has 5 rings (SSSR count). The quantitative estimate of drug-likeness (QED) is 0.137. The number of hydrogen-bond donors (Lipinski definition) is 8. The number of rotatable bonds is 8. The Balaban J connectivity index is 1.90. The van der Waals surface area contributed by atoms with E-state index in [0.29, 0.717) is 23.9 Å². The molecule has 8 bridgehead atoms. The Morgan fingerprint density at radius 3 is 1.88 bits per heavy atom. The Morgan fingerprint density at radius 2 is 1.23 bits per heavy atom. The second-order valence-corrected chi connectivity index (χ2v) is 11.4. The fourth-order valence-electron chi connectivity index (χ4n) is 6.18. The number of aromatic amines is 4. The number of fused-ring (bicyclic) bond motifs is 8. The summed E-state index contributed by atoms with van der Waals surface area (Å²) in [5, 5.41) is 43.3. The van der Waals surface area contributed by atoms with E-state index < -0.39 is 24.1 Å². The number of H-pyrrole nitrogens is 4. The summed E-state index contributed by atoms with van der Waals surface area (Å²) >= 11 is 0. The first-order valence-corrected chi connectivity index (χ1v) is 14.4. The highest BCUT2D eigenvalue weighted by Crippen LogP contribution is 2.26. The van der Waals surface area contributed by atoms with E-state index in [2.05, 4.69) is 19.9 Å². The molecule has 2 atom stereocenters. The van der Waals surface area contributed by atoms with Crippen molar-refractivity contribution in [2.24, 2.45) is 0 Å². The van der Waals surface area contributed by atoms with Gasteiger partial charge in [0.2, 0.25) is 0 Å². The molecule has 0 amide bonds. The van der Waals surface area contributed by atoms with Gasteiger partial charge in [0, 0.05) is 68.1 Å². The van der Waals surface area contributed by atoms with Gasteiger partial charge in [-0.25, -0.2) is 0 Å². The van der Waals surface area contributed by atoms with Gasteiger partial charge < -0.3 is 40.4 Å². The Bertz CT molecular complexity index is 1980. The highest BCUT2D eigenvalue weighted by Gasteiger charge is 2.19. The minimum atomic E-state index is -0.903. The van der Waals surface area contributed by atoms with Gasteiger partial charge in [-0.15, -0.1) is 0 Å². The third-order valence-corrected chi connectivity index (χ3v) is 8.34. The SMILES string of the molecule is Cc1c2[nH]c(c1[C@H](C)O)C=c1[nH]c(c([C@H](C)O)c1C)=Cc1cc(CCC(=O)O)c([nH]1)C=c1[nH]c(c(C)c1CCC(=O)O)=C2. The largest absolute Gasteiger partial charge is 0.481 e. The lowest BCUT2D eigenvalue weighted by molar-refractivity contribution is -0.138. The number of aliphatic hydroxyl groups excluding tert-OH is 2. The number of aromatic nitrogens is 4. The molecule has 0 unspecified atom stereocenters. The molecule has 0 aliphatic carbocycles. The third kappa shape index (κ3) is 5.89. The fourth-order valence-corrected chi connectivity index (χ4v) is 6.18. The zero-order valence-corrected chi connectivity index (χ0v) is 25.0. The molecule has 4 aromatic heterocycles. The predicted octanol–water partition coefficient (Wildman–Crippen LogP) is 1.69. The average Bonchev–Trinajstić information content (AvgIpc) is 3.61. The number of nitrogens with one attached hydrogen (secondary N) is 4. The van der Waals surface area contributed by atoms with Crippen LogP contribution < -0.4 is 21.4 Å². The van der Waals surface area contributed by atoms with E-state index in [1.54, 1.807) is 13.8 Å². The lowest BCUT2D eigenvalue weighted by Gasteiger charge is -2.05. The summed E-state index contributed by atoms with van der Waals surface area (Å²) in [6, 6.07) is 1.91. The van der Waals surface area contributed by atoms with Crippen molar-refractivity contribution in [2.45, 2.75) is 72.5 Å². The number of aliphatic hydroxyl groups is 2. The minimum Gasteiger partial charge on any atom is -0.481 e. The predicted molar refractivity (Wildman–Crippen MR) is 163 cm³/mol. The Kier molecular flexibility index (Phi) is 8.09. The molecule has 10 heteroatoms. The van der Waals surface area contributed by atoms with Crippen LogP contribution in [0.2, 0.25) is 0 Å². The molecule has 226 valence electrons. The van der Waals surface area contributed by atoms with Crippen LogP contribution in [0.15, 0.2) is 6.07 Å². The average molecular weight is 587 g/mol. The van der Waals surface area contributed by atoms with Gasteiger partial charge in [-0.2, -0.15) is 0 Å². The molecule has 0 fully saturated rings. The van der Waals surface area contributed by atoms with Crippen LogP contribution in [0, 0.1) is 20.8 Å². The second kappa shape index (κ2) is 11.6. The van der Waals surface area contributed by atoms with E-state index in [4.69, 9.17) is 0 Å². The minimum absolute atomic E-state index is 0.0438. The van der Waals surface area contributed by atoms with Crippen molar-refractivity contribution in [3.8, 4) is 0 Å². The molecule has 4 aromatic rings. The summed E-state index contributed by atoms with van der Waals surface area (Å²) in [4.78, 5) is 36.8. The summed E-state index contributed by atoms with van der Waals surface area (Å²) in [6.07, 6.45) is 6.72. The molecule has 1 aliphatic rings. The number of carbonyl (C=O) groups is 2. The lowest BCUT2D eigenvalue weighted by atomic mass is 10.0. The number of carboxylic acid groups (broad SMARTS) is 2. The van der Waals surface area contributed by atoms with Gasteiger partial charge in [0.25, 0.3) is 0 Å². The first-order chi connectivity index (χ1) is 20.3.